The van der Waals surface area contributed by atoms with Crippen LogP contribution in [-0.4, -0.2) is 42.4 Å². The summed E-state index contributed by atoms with van der Waals surface area (Å²) in [6, 6.07) is -0.409. The summed E-state index contributed by atoms with van der Waals surface area (Å²) in [5, 5.41) is 2.74. The van der Waals surface area contributed by atoms with E-state index in [0.717, 1.165) is 19.3 Å². The number of carbonyl (C=O) groups is 2. The number of nitrogens with zero attached hydrogens (tertiary/aromatic N) is 1. The first-order chi connectivity index (χ1) is 7.65. The zero-order chi connectivity index (χ0) is 12.0. The van der Waals surface area contributed by atoms with Crippen LogP contribution in [0.25, 0.3) is 0 Å². The van der Waals surface area contributed by atoms with E-state index in [4.69, 9.17) is 5.73 Å². The molecule has 3 N–H and O–H groups in total. The van der Waals surface area contributed by atoms with Crippen LogP contribution < -0.4 is 11.1 Å². The van der Waals surface area contributed by atoms with Crippen LogP contribution in [0.15, 0.2) is 0 Å². The van der Waals surface area contributed by atoms with Gasteiger partial charge in [-0.25, -0.2) is 0 Å². The lowest BCUT2D eigenvalue weighted by molar-refractivity contribution is -0.132. The molecule has 0 spiro atoms. The van der Waals surface area contributed by atoms with Crippen molar-refractivity contribution < 1.29 is 9.59 Å². The number of carbonyl (C=O) groups excluding carboxylic acids is 2. The van der Waals surface area contributed by atoms with Crippen molar-refractivity contribution in [3.8, 4) is 0 Å². The zero-order valence-electron chi connectivity index (χ0n) is 9.87. The van der Waals surface area contributed by atoms with Crippen LogP contribution in [0.1, 0.15) is 32.6 Å². The molecule has 1 fully saturated rings. The monoisotopic (exact) mass is 227 g/mol. The van der Waals surface area contributed by atoms with Gasteiger partial charge in [-0.05, 0) is 6.42 Å². The lowest BCUT2D eigenvalue weighted by atomic mass is 10.1. The van der Waals surface area contributed by atoms with Crippen LogP contribution in [-0.2, 0) is 9.59 Å². The van der Waals surface area contributed by atoms with E-state index >= 15 is 0 Å². The Morgan fingerprint density at radius 1 is 1.56 bits per heavy atom. The van der Waals surface area contributed by atoms with E-state index in [1.807, 2.05) is 0 Å². The van der Waals surface area contributed by atoms with E-state index in [1.54, 1.807) is 4.90 Å². The van der Waals surface area contributed by atoms with Crippen molar-refractivity contribution in [3.63, 3.8) is 0 Å². The summed E-state index contributed by atoms with van der Waals surface area (Å²) in [7, 11) is 0. The summed E-state index contributed by atoms with van der Waals surface area (Å²) in [4.78, 5) is 24.7. The molecular formula is C11H21N3O2. The van der Waals surface area contributed by atoms with Crippen LogP contribution in [0.4, 0.5) is 0 Å². The maximum absolute atomic E-state index is 11.9. The fourth-order valence-corrected chi connectivity index (χ4v) is 1.77. The Morgan fingerprint density at radius 3 is 3.00 bits per heavy atom. The Bertz CT molecular complexity index is 256. The number of amides is 2. The van der Waals surface area contributed by atoms with Crippen molar-refractivity contribution in [2.24, 2.45) is 5.73 Å². The van der Waals surface area contributed by atoms with Crippen molar-refractivity contribution in [1.82, 2.24) is 10.2 Å². The van der Waals surface area contributed by atoms with Crippen LogP contribution in [0.5, 0.6) is 0 Å². The van der Waals surface area contributed by atoms with Gasteiger partial charge in [-0.2, -0.15) is 0 Å². The average molecular weight is 227 g/mol. The summed E-state index contributed by atoms with van der Waals surface area (Å²) < 4.78 is 0. The standard InChI is InChI=1S/C11H21N3O2/c1-2-3-4-9(12)11(16)14-7-5-10(15)13-6-8-14/h9H,2-8,12H2,1H3,(H,13,15). The molecule has 0 aliphatic carbocycles. The maximum Gasteiger partial charge on any atom is 0.239 e. The van der Waals surface area contributed by atoms with Gasteiger partial charge in [0.15, 0.2) is 0 Å². The molecule has 1 unspecified atom stereocenters. The lowest BCUT2D eigenvalue weighted by Crippen LogP contribution is -2.45. The Labute approximate surface area is 96.4 Å². The van der Waals surface area contributed by atoms with Gasteiger partial charge in [0.25, 0.3) is 0 Å². The topological polar surface area (TPSA) is 75.4 Å². The Balaban J connectivity index is 2.42. The minimum Gasteiger partial charge on any atom is -0.354 e. The van der Waals surface area contributed by atoms with Crippen molar-refractivity contribution in [1.29, 1.82) is 0 Å². The second-order valence-corrected chi connectivity index (χ2v) is 4.17. The van der Waals surface area contributed by atoms with Gasteiger partial charge in [0.1, 0.15) is 0 Å². The van der Waals surface area contributed by atoms with E-state index < -0.39 is 6.04 Å². The lowest BCUT2D eigenvalue weighted by Gasteiger charge is -2.23. The SMILES string of the molecule is CCCCC(N)C(=O)N1CCNC(=O)CC1. The number of nitrogens with one attached hydrogen (secondary N) is 1. The minimum absolute atomic E-state index is 0.0115. The quantitative estimate of drug-likeness (QED) is 0.701. The number of rotatable bonds is 4. The van der Waals surface area contributed by atoms with Gasteiger partial charge in [0.2, 0.25) is 11.8 Å². The smallest absolute Gasteiger partial charge is 0.239 e. The van der Waals surface area contributed by atoms with Gasteiger partial charge in [0, 0.05) is 26.1 Å². The number of nitrogens with two attached hydrogens (primary N) is 1. The highest BCUT2D eigenvalue weighted by Gasteiger charge is 2.22. The molecule has 1 aliphatic rings. The molecule has 0 bridgehead atoms. The Kier molecular flexibility index (Phi) is 5.25. The largest absolute Gasteiger partial charge is 0.354 e. The zero-order valence-corrected chi connectivity index (χ0v) is 9.87. The third kappa shape index (κ3) is 3.81. The number of hydrogen-bond donors (Lipinski definition) is 2. The molecule has 1 aliphatic heterocycles. The first-order valence-electron chi connectivity index (χ1n) is 5.96. The van der Waals surface area contributed by atoms with Gasteiger partial charge >= 0.3 is 0 Å². The minimum atomic E-state index is -0.409. The summed E-state index contributed by atoms with van der Waals surface area (Å²) in [5.41, 5.74) is 5.82. The van der Waals surface area contributed by atoms with Crippen LogP contribution in [0.3, 0.4) is 0 Å². The third-order valence-corrected chi connectivity index (χ3v) is 2.81. The highest BCUT2D eigenvalue weighted by atomic mass is 16.2. The van der Waals surface area contributed by atoms with Crippen molar-refractivity contribution in [2.75, 3.05) is 19.6 Å². The summed E-state index contributed by atoms with van der Waals surface area (Å²) >= 11 is 0. The van der Waals surface area contributed by atoms with E-state index in [-0.39, 0.29) is 11.8 Å². The molecule has 1 heterocycles. The van der Waals surface area contributed by atoms with E-state index in [9.17, 15) is 9.59 Å². The molecule has 1 rings (SSSR count). The molecule has 0 saturated carbocycles. The predicted octanol–water partition coefficient (Wildman–Crippen LogP) is -0.148. The fourth-order valence-electron chi connectivity index (χ4n) is 1.77. The Morgan fingerprint density at radius 2 is 2.31 bits per heavy atom. The highest BCUT2D eigenvalue weighted by molar-refractivity contribution is 5.83. The molecule has 0 radical (unpaired) electrons. The van der Waals surface area contributed by atoms with Crippen molar-refractivity contribution in [3.05, 3.63) is 0 Å². The Hall–Kier alpha value is -1.10. The maximum atomic E-state index is 11.9. The molecule has 0 aromatic rings. The van der Waals surface area contributed by atoms with E-state index in [1.165, 1.54) is 0 Å². The first-order valence-corrected chi connectivity index (χ1v) is 5.96. The van der Waals surface area contributed by atoms with Gasteiger partial charge < -0.3 is 16.0 Å². The van der Waals surface area contributed by atoms with Gasteiger partial charge in [-0.15, -0.1) is 0 Å². The van der Waals surface area contributed by atoms with Crippen molar-refractivity contribution >= 4 is 11.8 Å². The number of hydrogen-bond acceptors (Lipinski definition) is 3. The molecular weight excluding hydrogens is 206 g/mol. The fraction of sp³-hybridized carbons (Fsp3) is 0.818. The van der Waals surface area contributed by atoms with Gasteiger partial charge in [-0.1, -0.05) is 19.8 Å². The second-order valence-electron chi connectivity index (χ2n) is 4.17. The summed E-state index contributed by atoms with van der Waals surface area (Å²) in [6.07, 6.45) is 3.12. The second kappa shape index (κ2) is 6.48. The highest BCUT2D eigenvalue weighted by Crippen LogP contribution is 2.04. The van der Waals surface area contributed by atoms with E-state index in [0.29, 0.717) is 26.1 Å². The normalized spacial score (nSPS) is 18.9. The predicted molar refractivity (Wildman–Crippen MR) is 61.7 cm³/mol. The molecule has 16 heavy (non-hydrogen) atoms. The molecule has 5 heteroatoms. The van der Waals surface area contributed by atoms with Crippen molar-refractivity contribution in [2.45, 2.75) is 38.6 Å². The summed E-state index contributed by atoms with van der Waals surface area (Å²) in [5.74, 6) is -0.0117. The molecule has 0 aromatic carbocycles. The molecule has 5 nitrogen and oxygen atoms in total. The van der Waals surface area contributed by atoms with Gasteiger partial charge in [-0.3, -0.25) is 9.59 Å². The van der Waals surface area contributed by atoms with Crippen LogP contribution in [0.2, 0.25) is 0 Å². The summed E-state index contributed by atoms with van der Waals surface area (Å²) in [6.45, 7) is 3.67. The van der Waals surface area contributed by atoms with Crippen LogP contribution >= 0.6 is 0 Å². The van der Waals surface area contributed by atoms with Gasteiger partial charge in [0.05, 0.1) is 6.04 Å². The van der Waals surface area contributed by atoms with Crippen LogP contribution in [0, 0.1) is 0 Å². The van der Waals surface area contributed by atoms with E-state index in [2.05, 4.69) is 12.2 Å². The molecule has 2 amide bonds. The molecule has 0 aromatic heterocycles. The first kappa shape index (κ1) is 13.0. The number of unbranched alkanes of at least 4 members (excludes halogenated alkanes) is 1. The molecule has 92 valence electrons. The average Bonchev–Trinajstić information content (AvgIpc) is 2.50. The third-order valence-electron chi connectivity index (χ3n) is 2.81. The molecule has 1 saturated heterocycles. The molecule has 1 atom stereocenters.